The van der Waals surface area contributed by atoms with Gasteiger partial charge in [0.1, 0.15) is 5.75 Å². The largest absolute Gasteiger partial charge is 0.496 e. The van der Waals surface area contributed by atoms with Gasteiger partial charge >= 0.3 is 5.69 Å². The third-order valence-corrected chi connectivity index (χ3v) is 4.76. The van der Waals surface area contributed by atoms with Gasteiger partial charge in [-0.15, -0.1) is 0 Å². The molecular formula is C19H19N5O4. The van der Waals surface area contributed by atoms with Gasteiger partial charge in [-0.1, -0.05) is 0 Å². The predicted molar refractivity (Wildman–Crippen MR) is 103 cm³/mol. The topological polar surface area (TPSA) is 119 Å². The van der Waals surface area contributed by atoms with Crippen molar-refractivity contribution in [1.29, 1.82) is 0 Å². The van der Waals surface area contributed by atoms with E-state index < -0.39 is 5.69 Å². The number of H-pyrrole nitrogens is 2. The number of ether oxygens (including phenoxy) is 1. The van der Waals surface area contributed by atoms with Gasteiger partial charge in [-0.2, -0.15) is 5.10 Å². The second-order valence-electron chi connectivity index (χ2n) is 6.47. The summed E-state index contributed by atoms with van der Waals surface area (Å²) in [4.78, 5) is 32.1. The van der Waals surface area contributed by atoms with E-state index in [9.17, 15) is 9.59 Å². The minimum absolute atomic E-state index is 0.304. The van der Waals surface area contributed by atoms with Crippen LogP contribution in [0, 0.1) is 6.92 Å². The van der Waals surface area contributed by atoms with E-state index in [1.165, 1.54) is 18.1 Å². The van der Waals surface area contributed by atoms with Crippen molar-refractivity contribution in [2.45, 2.75) is 26.3 Å². The van der Waals surface area contributed by atoms with Crippen molar-refractivity contribution >= 4 is 10.9 Å². The van der Waals surface area contributed by atoms with Crippen molar-refractivity contribution < 1.29 is 9.15 Å². The first-order valence-corrected chi connectivity index (χ1v) is 8.81. The van der Waals surface area contributed by atoms with E-state index in [-0.39, 0.29) is 5.56 Å². The molecule has 2 N–H and O–H groups in total. The summed E-state index contributed by atoms with van der Waals surface area (Å²) >= 11 is 0. The maximum atomic E-state index is 13.0. The summed E-state index contributed by atoms with van der Waals surface area (Å²) in [7, 11) is 1.51. The Morgan fingerprint density at radius 3 is 2.79 bits per heavy atom. The minimum Gasteiger partial charge on any atom is -0.496 e. The highest BCUT2D eigenvalue weighted by atomic mass is 16.5. The molecule has 4 aromatic rings. The SMILES string of the molecule is COc1cc2[nH]c(=O)n(CCCc3cn[nH]c3C)c(=O)c2cc1-c1cnco1. The molecule has 0 saturated heterocycles. The van der Waals surface area contributed by atoms with Crippen LogP contribution in [0.5, 0.6) is 5.75 Å². The van der Waals surface area contributed by atoms with Crippen LogP contribution >= 0.6 is 0 Å². The molecule has 144 valence electrons. The van der Waals surface area contributed by atoms with Crippen molar-refractivity contribution in [3.05, 3.63) is 63.0 Å². The Balaban J connectivity index is 1.73. The molecule has 9 heteroatoms. The summed E-state index contributed by atoms with van der Waals surface area (Å²) in [6, 6.07) is 3.28. The summed E-state index contributed by atoms with van der Waals surface area (Å²) in [5.41, 5.74) is 2.27. The molecule has 3 heterocycles. The third kappa shape index (κ3) is 3.11. The van der Waals surface area contributed by atoms with Crippen molar-refractivity contribution in [3.63, 3.8) is 0 Å². The lowest BCUT2D eigenvalue weighted by molar-refractivity contribution is 0.415. The van der Waals surface area contributed by atoms with E-state index in [2.05, 4.69) is 20.2 Å². The molecule has 4 rings (SSSR count). The van der Waals surface area contributed by atoms with Crippen molar-refractivity contribution in [1.82, 2.24) is 24.7 Å². The summed E-state index contributed by atoms with van der Waals surface area (Å²) in [5.74, 6) is 0.957. The lowest BCUT2D eigenvalue weighted by Crippen LogP contribution is -2.35. The lowest BCUT2D eigenvalue weighted by atomic mass is 10.1. The number of rotatable bonds is 6. The number of nitrogens with zero attached hydrogens (tertiary/aromatic N) is 3. The molecule has 0 fully saturated rings. The van der Waals surface area contributed by atoms with E-state index in [0.717, 1.165) is 17.7 Å². The number of aryl methyl sites for hydroxylation is 2. The summed E-state index contributed by atoms with van der Waals surface area (Å²) < 4.78 is 11.9. The summed E-state index contributed by atoms with van der Waals surface area (Å²) in [6.07, 6.45) is 5.97. The number of aromatic nitrogens is 5. The molecule has 0 atom stereocenters. The highest BCUT2D eigenvalue weighted by molar-refractivity contribution is 5.86. The Morgan fingerprint density at radius 1 is 1.25 bits per heavy atom. The number of benzene rings is 1. The number of fused-ring (bicyclic) bond motifs is 1. The molecule has 9 nitrogen and oxygen atoms in total. The first kappa shape index (κ1) is 17.8. The average Bonchev–Trinajstić information content (AvgIpc) is 3.35. The van der Waals surface area contributed by atoms with Gasteiger partial charge in [-0.25, -0.2) is 9.78 Å². The Kier molecular flexibility index (Phi) is 4.56. The van der Waals surface area contributed by atoms with Gasteiger partial charge in [0.2, 0.25) is 0 Å². The average molecular weight is 381 g/mol. The summed E-state index contributed by atoms with van der Waals surface area (Å²) in [6.45, 7) is 2.24. The number of hydrogen-bond acceptors (Lipinski definition) is 6. The number of methoxy groups -OCH3 is 1. The molecule has 1 aromatic carbocycles. The van der Waals surface area contributed by atoms with Gasteiger partial charge in [0.05, 0.1) is 36.0 Å². The molecule has 0 spiro atoms. The van der Waals surface area contributed by atoms with E-state index in [1.54, 1.807) is 24.5 Å². The minimum atomic E-state index is -0.448. The quantitative estimate of drug-likeness (QED) is 0.527. The molecule has 0 radical (unpaired) electrons. The molecule has 0 amide bonds. The summed E-state index contributed by atoms with van der Waals surface area (Å²) in [5, 5.41) is 7.25. The van der Waals surface area contributed by atoms with Gasteiger partial charge in [-0.3, -0.25) is 14.5 Å². The van der Waals surface area contributed by atoms with Crippen LogP contribution in [0.15, 0.2) is 44.9 Å². The van der Waals surface area contributed by atoms with E-state index in [0.29, 0.717) is 40.9 Å². The van der Waals surface area contributed by atoms with Crippen LogP contribution in [0.25, 0.3) is 22.2 Å². The lowest BCUT2D eigenvalue weighted by Gasteiger charge is -2.10. The van der Waals surface area contributed by atoms with Crippen LogP contribution in [0.1, 0.15) is 17.7 Å². The zero-order chi connectivity index (χ0) is 19.7. The standard InChI is InChI=1S/C19H19N5O4/c1-11-12(8-21-23-11)4-3-5-24-18(25)13-6-14(17-9-20-10-28-17)16(27-2)7-15(13)22-19(24)26/h6-10H,3-5H2,1-2H3,(H,21,23)(H,22,26). The number of nitrogens with one attached hydrogen (secondary N) is 2. The zero-order valence-corrected chi connectivity index (χ0v) is 15.5. The van der Waals surface area contributed by atoms with Crippen LogP contribution in [0.2, 0.25) is 0 Å². The smallest absolute Gasteiger partial charge is 0.328 e. The second-order valence-corrected chi connectivity index (χ2v) is 6.47. The van der Waals surface area contributed by atoms with Crippen LogP contribution in [0.4, 0.5) is 0 Å². The van der Waals surface area contributed by atoms with Crippen LogP contribution in [0.3, 0.4) is 0 Å². The fourth-order valence-corrected chi connectivity index (χ4v) is 3.25. The van der Waals surface area contributed by atoms with Crippen LogP contribution < -0.4 is 16.0 Å². The molecule has 0 saturated carbocycles. The van der Waals surface area contributed by atoms with E-state index >= 15 is 0 Å². The van der Waals surface area contributed by atoms with E-state index in [4.69, 9.17) is 9.15 Å². The first-order valence-electron chi connectivity index (χ1n) is 8.81. The van der Waals surface area contributed by atoms with Gasteiger partial charge in [0.25, 0.3) is 5.56 Å². The third-order valence-electron chi connectivity index (χ3n) is 4.76. The van der Waals surface area contributed by atoms with Gasteiger partial charge < -0.3 is 14.1 Å². The molecule has 0 unspecified atom stereocenters. The van der Waals surface area contributed by atoms with E-state index in [1.807, 2.05) is 6.92 Å². The van der Waals surface area contributed by atoms with Crippen LogP contribution in [-0.4, -0.2) is 31.8 Å². The molecule has 0 aliphatic rings. The Hall–Kier alpha value is -3.62. The highest BCUT2D eigenvalue weighted by Crippen LogP contribution is 2.32. The maximum absolute atomic E-state index is 13.0. The fourth-order valence-electron chi connectivity index (χ4n) is 3.25. The Bertz CT molecular complexity index is 1230. The first-order chi connectivity index (χ1) is 13.6. The monoisotopic (exact) mass is 381 g/mol. The molecule has 0 aliphatic carbocycles. The van der Waals surface area contributed by atoms with Crippen LogP contribution in [-0.2, 0) is 13.0 Å². The van der Waals surface area contributed by atoms with Gasteiger partial charge in [0, 0.05) is 18.3 Å². The van der Waals surface area contributed by atoms with Crippen molar-refractivity contribution in [3.8, 4) is 17.1 Å². The normalized spacial score (nSPS) is 11.2. The Labute approximate surface area is 159 Å². The Morgan fingerprint density at radius 2 is 2.11 bits per heavy atom. The molecule has 28 heavy (non-hydrogen) atoms. The highest BCUT2D eigenvalue weighted by Gasteiger charge is 2.15. The predicted octanol–water partition coefficient (Wildman–Crippen LogP) is 2.02. The van der Waals surface area contributed by atoms with Gasteiger partial charge in [-0.05, 0) is 31.4 Å². The molecule has 0 aliphatic heterocycles. The number of oxazole rings is 1. The maximum Gasteiger partial charge on any atom is 0.328 e. The molecule has 3 aromatic heterocycles. The zero-order valence-electron chi connectivity index (χ0n) is 15.5. The number of aromatic amines is 2. The second kappa shape index (κ2) is 7.18. The van der Waals surface area contributed by atoms with Gasteiger partial charge in [0.15, 0.2) is 12.2 Å². The van der Waals surface area contributed by atoms with Crippen molar-refractivity contribution in [2.75, 3.05) is 7.11 Å². The molecule has 0 bridgehead atoms. The fraction of sp³-hybridized carbons (Fsp3) is 0.263. The molecular weight excluding hydrogens is 362 g/mol. The van der Waals surface area contributed by atoms with Crippen molar-refractivity contribution in [2.24, 2.45) is 0 Å². The number of hydrogen-bond donors (Lipinski definition) is 2.